The van der Waals surface area contributed by atoms with Gasteiger partial charge in [-0.2, -0.15) is 0 Å². The van der Waals surface area contributed by atoms with E-state index in [9.17, 15) is 14.4 Å². The van der Waals surface area contributed by atoms with Gasteiger partial charge in [0, 0.05) is 12.2 Å². The van der Waals surface area contributed by atoms with Crippen LogP contribution in [-0.2, 0) is 23.9 Å². The summed E-state index contributed by atoms with van der Waals surface area (Å²) in [7, 11) is 0. The predicted molar refractivity (Wildman–Crippen MR) is 64.1 cm³/mol. The zero-order valence-corrected chi connectivity index (χ0v) is 10.4. The van der Waals surface area contributed by atoms with Crippen LogP contribution < -0.4 is 0 Å². The van der Waals surface area contributed by atoms with Crippen molar-refractivity contribution in [3.8, 4) is 0 Å². The molecule has 2 unspecified atom stereocenters. The summed E-state index contributed by atoms with van der Waals surface area (Å²) in [5.41, 5.74) is 0. The average Bonchev–Trinajstić information content (AvgIpc) is 2.35. The molecule has 0 aliphatic rings. The molecule has 0 aromatic rings. The molecule has 0 rings (SSSR count). The predicted octanol–water partition coefficient (Wildman–Crippen LogP) is -0.103. The highest BCUT2D eigenvalue weighted by molar-refractivity contribution is 5.83. The van der Waals surface area contributed by atoms with E-state index in [0.717, 1.165) is 18.2 Å². The highest BCUT2D eigenvalue weighted by Gasteiger charge is 2.20. The van der Waals surface area contributed by atoms with Crippen molar-refractivity contribution in [1.82, 2.24) is 0 Å². The Kier molecular flexibility index (Phi) is 7.87. The summed E-state index contributed by atoms with van der Waals surface area (Å²) < 4.78 is 9.36. The van der Waals surface area contributed by atoms with E-state index in [0.29, 0.717) is 0 Å². The van der Waals surface area contributed by atoms with E-state index in [1.54, 1.807) is 0 Å². The van der Waals surface area contributed by atoms with Gasteiger partial charge in [-0.3, -0.25) is 4.79 Å². The van der Waals surface area contributed by atoms with Crippen molar-refractivity contribution < 1.29 is 34.1 Å². The highest BCUT2D eigenvalue weighted by Crippen LogP contribution is 2.05. The van der Waals surface area contributed by atoms with Crippen molar-refractivity contribution in [2.45, 2.75) is 13.0 Å². The second-order valence-corrected chi connectivity index (χ2v) is 3.62. The average molecular weight is 272 g/mol. The first-order valence-electron chi connectivity index (χ1n) is 5.41. The van der Waals surface area contributed by atoms with Crippen LogP contribution in [0, 0.1) is 5.92 Å². The molecule has 0 amide bonds. The Hall–Kier alpha value is -2.15. The van der Waals surface area contributed by atoms with E-state index in [-0.39, 0.29) is 13.2 Å². The number of esters is 2. The van der Waals surface area contributed by atoms with E-state index < -0.39 is 29.9 Å². The SMILES string of the molecule is C=CC(=O)OCC(C=CC(=O)O)C(=O)OCC(C)O. The normalized spacial score (nSPS) is 13.6. The van der Waals surface area contributed by atoms with E-state index in [2.05, 4.69) is 11.3 Å². The minimum Gasteiger partial charge on any atom is -0.478 e. The molecule has 19 heavy (non-hydrogen) atoms. The lowest BCUT2D eigenvalue weighted by molar-refractivity contribution is -0.153. The van der Waals surface area contributed by atoms with Crippen molar-refractivity contribution in [3.05, 3.63) is 24.8 Å². The monoisotopic (exact) mass is 272 g/mol. The molecule has 106 valence electrons. The van der Waals surface area contributed by atoms with Gasteiger partial charge in [0.1, 0.15) is 19.1 Å². The van der Waals surface area contributed by atoms with E-state index in [1.807, 2.05) is 0 Å². The number of aliphatic hydroxyl groups is 1. The zero-order valence-electron chi connectivity index (χ0n) is 10.4. The lowest BCUT2D eigenvalue weighted by Gasteiger charge is -2.13. The number of rotatable bonds is 8. The summed E-state index contributed by atoms with van der Waals surface area (Å²) in [5, 5.41) is 17.5. The molecule has 0 aliphatic carbocycles. The van der Waals surface area contributed by atoms with E-state index in [1.165, 1.54) is 6.92 Å². The minimum absolute atomic E-state index is 0.231. The first-order valence-corrected chi connectivity index (χ1v) is 5.41. The molecule has 0 fully saturated rings. The third-order valence-corrected chi connectivity index (χ3v) is 1.81. The molecule has 0 saturated carbocycles. The van der Waals surface area contributed by atoms with Crippen molar-refractivity contribution in [1.29, 1.82) is 0 Å². The van der Waals surface area contributed by atoms with Crippen LogP contribution >= 0.6 is 0 Å². The zero-order chi connectivity index (χ0) is 14.8. The van der Waals surface area contributed by atoms with Crippen LogP contribution in [0.4, 0.5) is 0 Å². The Bertz CT molecular complexity index is 370. The van der Waals surface area contributed by atoms with Gasteiger partial charge in [-0.1, -0.05) is 12.7 Å². The van der Waals surface area contributed by atoms with Crippen LogP contribution in [0.25, 0.3) is 0 Å². The summed E-state index contributed by atoms with van der Waals surface area (Å²) in [6.45, 7) is 4.01. The lowest BCUT2D eigenvalue weighted by Crippen LogP contribution is -2.25. The Morgan fingerprint density at radius 1 is 1.26 bits per heavy atom. The molecule has 0 aromatic carbocycles. The smallest absolute Gasteiger partial charge is 0.330 e. The fourth-order valence-electron chi connectivity index (χ4n) is 0.941. The van der Waals surface area contributed by atoms with Gasteiger partial charge in [0.15, 0.2) is 0 Å². The quantitative estimate of drug-likeness (QED) is 0.468. The topological polar surface area (TPSA) is 110 Å². The van der Waals surface area contributed by atoms with Crippen LogP contribution in [0.2, 0.25) is 0 Å². The van der Waals surface area contributed by atoms with Crippen LogP contribution in [0.5, 0.6) is 0 Å². The molecule has 0 aromatic heterocycles. The molecule has 7 heteroatoms. The van der Waals surface area contributed by atoms with Gasteiger partial charge in [0.2, 0.25) is 0 Å². The van der Waals surface area contributed by atoms with Gasteiger partial charge in [0.05, 0.1) is 6.10 Å². The molecule has 7 nitrogen and oxygen atoms in total. The fourth-order valence-corrected chi connectivity index (χ4v) is 0.941. The van der Waals surface area contributed by atoms with Gasteiger partial charge in [0.25, 0.3) is 0 Å². The maximum atomic E-state index is 11.6. The Labute approximate surface area is 110 Å². The number of ether oxygens (including phenoxy) is 2. The second-order valence-electron chi connectivity index (χ2n) is 3.62. The number of aliphatic hydroxyl groups excluding tert-OH is 1. The number of carbonyl (C=O) groups excluding carboxylic acids is 2. The molecule has 0 saturated heterocycles. The van der Waals surface area contributed by atoms with Crippen LogP contribution in [0.15, 0.2) is 24.8 Å². The Morgan fingerprint density at radius 3 is 2.37 bits per heavy atom. The lowest BCUT2D eigenvalue weighted by atomic mass is 10.1. The molecule has 2 atom stereocenters. The number of hydrogen-bond acceptors (Lipinski definition) is 6. The fraction of sp³-hybridized carbons (Fsp3) is 0.417. The van der Waals surface area contributed by atoms with Gasteiger partial charge >= 0.3 is 17.9 Å². The molecule has 0 bridgehead atoms. The van der Waals surface area contributed by atoms with Crippen molar-refractivity contribution in [3.63, 3.8) is 0 Å². The molecular weight excluding hydrogens is 256 g/mol. The van der Waals surface area contributed by atoms with E-state index in [4.69, 9.17) is 14.9 Å². The van der Waals surface area contributed by atoms with Gasteiger partial charge in [-0.25, -0.2) is 9.59 Å². The van der Waals surface area contributed by atoms with E-state index >= 15 is 0 Å². The van der Waals surface area contributed by atoms with Crippen LogP contribution in [0.1, 0.15) is 6.92 Å². The van der Waals surface area contributed by atoms with Crippen molar-refractivity contribution in [2.75, 3.05) is 13.2 Å². The second kappa shape index (κ2) is 8.87. The highest BCUT2D eigenvalue weighted by atomic mass is 16.6. The maximum absolute atomic E-state index is 11.6. The summed E-state index contributed by atoms with van der Waals surface area (Å²) in [6, 6.07) is 0. The minimum atomic E-state index is -1.25. The number of hydrogen-bond donors (Lipinski definition) is 2. The molecular formula is C12H16O7. The summed E-state index contributed by atoms with van der Waals surface area (Å²) in [4.78, 5) is 32.8. The Morgan fingerprint density at radius 2 is 1.89 bits per heavy atom. The number of carbonyl (C=O) groups is 3. The number of carboxylic acids is 1. The third kappa shape index (κ3) is 8.56. The number of aliphatic carboxylic acids is 1. The molecule has 2 N–H and O–H groups in total. The largest absolute Gasteiger partial charge is 0.478 e. The maximum Gasteiger partial charge on any atom is 0.330 e. The van der Waals surface area contributed by atoms with Crippen LogP contribution in [-0.4, -0.2) is 47.4 Å². The first-order chi connectivity index (χ1) is 8.86. The summed E-state index contributed by atoms with van der Waals surface area (Å²) >= 11 is 0. The third-order valence-electron chi connectivity index (χ3n) is 1.81. The summed E-state index contributed by atoms with van der Waals surface area (Å²) in [5.74, 6) is -3.84. The van der Waals surface area contributed by atoms with Gasteiger partial charge in [-0.05, 0) is 6.92 Å². The van der Waals surface area contributed by atoms with Crippen molar-refractivity contribution in [2.24, 2.45) is 5.92 Å². The molecule has 0 aliphatic heterocycles. The number of carboxylic acid groups (broad SMARTS) is 1. The first kappa shape index (κ1) is 16.9. The van der Waals surface area contributed by atoms with Crippen LogP contribution in [0.3, 0.4) is 0 Å². The molecule has 0 spiro atoms. The van der Waals surface area contributed by atoms with Gasteiger partial charge < -0.3 is 19.7 Å². The molecule has 0 radical (unpaired) electrons. The van der Waals surface area contributed by atoms with Crippen molar-refractivity contribution >= 4 is 17.9 Å². The van der Waals surface area contributed by atoms with Gasteiger partial charge in [-0.15, -0.1) is 0 Å². The molecule has 0 heterocycles. The Balaban J connectivity index is 4.55. The summed E-state index contributed by atoms with van der Waals surface area (Å²) in [6.07, 6.45) is 1.86. The standard InChI is InChI=1S/C12H16O7/c1-3-11(16)18-7-9(4-5-10(14)15)12(17)19-6-8(2)13/h3-5,8-9,13H,1,6-7H2,2H3,(H,14,15).